The minimum absolute atomic E-state index is 0. The average molecular weight is 184 g/mol. The summed E-state index contributed by atoms with van der Waals surface area (Å²) in [4.78, 5) is 4.55. The molecule has 1 aromatic rings. The van der Waals surface area contributed by atoms with Gasteiger partial charge in [0.1, 0.15) is 0 Å². The van der Waals surface area contributed by atoms with E-state index in [1.54, 1.807) is 0 Å². The number of hydrogen-bond acceptors (Lipinski definition) is 2. The van der Waals surface area contributed by atoms with E-state index in [1.807, 2.05) is 30.3 Å². The van der Waals surface area contributed by atoms with Crippen molar-refractivity contribution in [2.75, 3.05) is 0 Å². The largest absolute Gasteiger partial charge is 0.283 e. The lowest BCUT2D eigenvalue weighted by Crippen LogP contribution is -2.06. The van der Waals surface area contributed by atoms with E-state index < -0.39 is 6.10 Å². The Labute approximate surface area is 78.1 Å². The highest BCUT2D eigenvalue weighted by Gasteiger charge is 2.04. The summed E-state index contributed by atoms with van der Waals surface area (Å²) in [5.41, 5.74) is 0.900. The Morgan fingerprint density at radius 3 is 2.33 bits per heavy atom. The van der Waals surface area contributed by atoms with Crippen molar-refractivity contribution >= 4 is 12.4 Å². The van der Waals surface area contributed by atoms with Gasteiger partial charge in [-0.15, -0.1) is 18.8 Å². The van der Waals surface area contributed by atoms with Gasteiger partial charge in [-0.05, 0) is 5.56 Å². The lowest BCUT2D eigenvalue weighted by Gasteiger charge is -2.06. The van der Waals surface area contributed by atoms with Gasteiger partial charge in [-0.2, -0.15) is 0 Å². The maximum absolute atomic E-state index is 5.16. The van der Waals surface area contributed by atoms with Crippen LogP contribution in [0.4, 0.5) is 0 Å². The Kier molecular flexibility index (Phi) is 5.14. The predicted molar refractivity (Wildman–Crippen MR) is 50.5 cm³/mol. The molecule has 0 saturated heterocycles. The summed E-state index contributed by atoms with van der Waals surface area (Å²) in [7, 11) is 0. The molecule has 2 N–H and O–H groups in total. The number of terminal acetylenes is 1. The summed E-state index contributed by atoms with van der Waals surface area (Å²) in [6, 6.07) is 9.43. The van der Waals surface area contributed by atoms with Crippen LogP contribution in [0.5, 0.6) is 0 Å². The molecule has 0 amide bonds. The second-order valence-electron chi connectivity index (χ2n) is 2.09. The van der Waals surface area contributed by atoms with Crippen molar-refractivity contribution in [1.82, 2.24) is 0 Å². The van der Waals surface area contributed by atoms with Gasteiger partial charge in [0.15, 0.2) is 6.10 Å². The molecule has 0 fully saturated rings. The first kappa shape index (κ1) is 11.0. The van der Waals surface area contributed by atoms with Gasteiger partial charge in [0.2, 0.25) is 0 Å². The standard InChI is InChI=1S/C9H9NO.ClH/c1-2-9(11-10)8-6-4-3-5-7-8;/h1,3-7,9H,10H2;1H/t9-;/m0./s1. The normalized spacial score (nSPS) is 11.0. The minimum atomic E-state index is -0.434. The SMILES string of the molecule is C#C[C@H](ON)c1ccccc1.Cl. The lowest BCUT2D eigenvalue weighted by molar-refractivity contribution is 0.0935. The molecule has 0 aliphatic carbocycles. The summed E-state index contributed by atoms with van der Waals surface area (Å²) >= 11 is 0. The fraction of sp³-hybridized carbons (Fsp3) is 0.111. The van der Waals surface area contributed by atoms with E-state index in [2.05, 4.69) is 10.8 Å². The van der Waals surface area contributed by atoms with Gasteiger partial charge in [-0.3, -0.25) is 4.84 Å². The second kappa shape index (κ2) is 5.62. The molecule has 0 aromatic heterocycles. The van der Waals surface area contributed by atoms with Crippen LogP contribution in [-0.4, -0.2) is 0 Å². The van der Waals surface area contributed by atoms with Crippen molar-refractivity contribution in [3.63, 3.8) is 0 Å². The first-order valence-corrected chi connectivity index (χ1v) is 3.25. The topological polar surface area (TPSA) is 35.2 Å². The fourth-order valence-corrected chi connectivity index (χ4v) is 0.842. The third kappa shape index (κ3) is 2.55. The zero-order chi connectivity index (χ0) is 8.10. The van der Waals surface area contributed by atoms with E-state index >= 15 is 0 Å². The Balaban J connectivity index is 0.00000121. The number of rotatable bonds is 2. The molecule has 0 radical (unpaired) electrons. The molecule has 1 aromatic carbocycles. The lowest BCUT2D eigenvalue weighted by atomic mass is 10.1. The quantitative estimate of drug-likeness (QED) is 0.559. The van der Waals surface area contributed by atoms with Gasteiger partial charge in [-0.1, -0.05) is 36.3 Å². The first-order chi connectivity index (χ1) is 5.38. The molecule has 0 unspecified atom stereocenters. The average Bonchev–Trinajstić information content (AvgIpc) is 2.09. The van der Waals surface area contributed by atoms with Crippen molar-refractivity contribution in [1.29, 1.82) is 0 Å². The summed E-state index contributed by atoms with van der Waals surface area (Å²) in [5, 5.41) is 0. The Hall–Kier alpha value is -1.01. The smallest absolute Gasteiger partial charge is 0.164 e. The van der Waals surface area contributed by atoms with E-state index in [1.165, 1.54) is 0 Å². The molecular weight excluding hydrogens is 174 g/mol. The molecule has 3 heteroatoms. The second-order valence-corrected chi connectivity index (χ2v) is 2.09. The van der Waals surface area contributed by atoms with Crippen LogP contribution < -0.4 is 5.90 Å². The van der Waals surface area contributed by atoms with E-state index in [0.717, 1.165) is 5.56 Å². The summed E-state index contributed by atoms with van der Waals surface area (Å²) in [6.45, 7) is 0. The first-order valence-electron chi connectivity index (χ1n) is 3.25. The van der Waals surface area contributed by atoms with Gasteiger partial charge in [0.05, 0.1) is 0 Å². The summed E-state index contributed by atoms with van der Waals surface area (Å²) < 4.78 is 0. The van der Waals surface area contributed by atoms with Crippen LogP contribution in [0.15, 0.2) is 30.3 Å². The van der Waals surface area contributed by atoms with Crippen LogP contribution in [0.2, 0.25) is 0 Å². The van der Waals surface area contributed by atoms with E-state index in [0.29, 0.717) is 0 Å². The van der Waals surface area contributed by atoms with E-state index in [-0.39, 0.29) is 12.4 Å². The van der Waals surface area contributed by atoms with Crippen LogP contribution in [0.1, 0.15) is 11.7 Å². The minimum Gasteiger partial charge on any atom is -0.283 e. The molecule has 2 nitrogen and oxygen atoms in total. The molecule has 0 aliphatic rings. The summed E-state index contributed by atoms with van der Waals surface area (Å²) in [6.07, 6.45) is 4.73. The van der Waals surface area contributed by atoms with Crippen LogP contribution >= 0.6 is 12.4 Å². The Morgan fingerprint density at radius 2 is 1.92 bits per heavy atom. The molecule has 0 aliphatic heterocycles. The number of benzene rings is 1. The number of hydrogen-bond donors (Lipinski definition) is 1. The molecule has 64 valence electrons. The molecule has 1 atom stereocenters. The third-order valence-corrected chi connectivity index (χ3v) is 1.39. The number of nitrogens with two attached hydrogens (primary N) is 1. The van der Waals surface area contributed by atoms with E-state index in [9.17, 15) is 0 Å². The number of halogens is 1. The van der Waals surface area contributed by atoms with Crippen LogP contribution in [0, 0.1) is 12.3 Å². The van der Waals surface area contributed by atoms with Gasteiger partial charge >= 0.3 is 0 Å². The van der Waals surface area contributed by atoms with Crippen LogP contribution in [0.3, 0.4) is 0 Å². The van der Waals surface area contributed by atoms with Crippen molar-refractivity contribution in [3.05, 3.63) is 35.9 Å². The van der Waals surface area contributed by atoms with Gasteiger partial charge < -0.3 is 0 Å². The zero-order valence-electron chi connectivity index (χ0n) is 6.44. The van der Waals surface area contributed by atoms with Gasteiger partial charge in [0.25, 0.3) is 0 Å². The zero-order valence-corrected chi connectivity index (χ0v) is 7.25. The van der Waals surface area contributed by atoms with E-state index in [4.69, 9.17) is 12.3 Å². The van der Waals surface area contributed by atoms with Gasteiger partial charge in [-0.25, -0.2) is 5.90 Å². The van der Waals surface area contributed by atoms with Crippen molar-refractivity contribution in [2.24, 2.45) is 5.90 Å². The molecule has 0 heterocycles. The predicted octanol–water partition coefficient (Wildman–Crippen LogP) is 1.67. The highest BCUT2D eigenvalue weighted by atomic mass is 35.5. The summed E-state index contributed by atoms with van der Waals surface area (Å²) in [5.74, 6) is 7.39. The molecule has 12 heavy (non-hydrogen) atoms. The molecular formula is C9H10ClNO. The molecule has 0 spiro atoms. The fourth-order valence-electron chi connectivity index (χ4n) is 0.842. The third-order valence-electron chi connectivity index (χ3n) is 1.39. The molecule has 1 rings (SSSR count). The monoisotopic (exact) mass is 183 g/mol. The highest BCUT2D eigenvalue weighted by molar-refractivity contribution is 5.85. The maximum Gasteiger partial charge on any atom is 0.164 e. The van der Waals surface area contributed by atoms with Crippen LogP contribution in [0.25, 0.3) is 0 Å². The highest BCUT2D eigenvalue weighted by Crippen LogP contribution is 2.12. The van der Waals surface area contributed by atoms with Crippen molar-refractivity contribution < 1.29 is 4.84 Å². The Morgan fingerprint density at radius 1 is 1.33 bits per heavy atom. The van der Waals surface area contributed by atoms with Crippen LogP contribution in [-0.2, 0) is 4.84 Å². The Bertz CT molecular complexity index is 255. The maximum atomic E-state index is 5.16. The van der Waals surface area contributed by atoms with Crippen molar-refractivity contribution in [2.45, 2.75) is 6.10 Å². The van der Waals surface area contributed by atoms with Crippen molar-refractivity contribution in [3.8, 4) is 12.3 Å². The van der Waals surface area contributed by atoms with Gasteiger partial charge in [0, 0.05) is 0 Å². The molecule has 0 saturated carbocycles. The molecule has 0 bridgehead atoms.